The Bertz CT molecular complexity index is 441. The second-order valence-electron chi connectivity index (χ2n) is 5.32. The number of carbonyl (C=O) groups excluding carboxylic acids is 1. The van der Waals surface area contributed by atoms with Gasteiger partial charge in [0, 0.05) is 21.8 Å². The zero-order chi connectivity index (χ0) is 15.8. The molecular formula is C16H26BrN3O. The SMILES string of the molecule is CCN(CC)CCCC(C)NC(=O)c1cc(N)cc(Br)c1. The van der Waals surface area contributed by atoms with Crippen molar-refractivity contribution >= 4 is 27.5 Å². The van der Waals surface area contributed by atoms with Crippen molar-refractivity contribution in [3.63, 3.8) is 0 Å². The molecule has 0 spiro atoms. The molecule has 21 heavy (non-hydrogen) atoms. The molecular weight excluding hydrogens is 330 g/mol. The van der Waals surface area contributed by atoms with Crippen molar-refractivity contribution < 1.29 is 4.79 Å². The second kappa shape index (κ2) is 9.05. The summed E-state index contributed by atoms with van der Waals surface area (Å²) >= 11 is 3.36. The summed E-state index contributed by atoms with van der Waals surface area (Å²) in [5.41, 5.74) is 6.94. The molecule has 0 aliphatic rings. The van der Waals surface area contributed by atoms with Gasteiger partial charge in [-0.15, -0.1) is 0 Å². The molecule has 3 N–H and O–H groups in total. The van der Waals surface area contributed by atoms with Crippen LogP contribution >= 0.6 is 15.9 Å². The number of halogens is 1. The molecule has 1 amide bonds. The van der Waals surface area contributed by atoms with Crippen LogP contribution in [0.25, 0.3) is 0 Å². The Balaban J connectivity index is 2.43. The summed E-state index contributed by atoms with van der Waals surface area (Å²) in [5, 5.41) is 3.03. The highest BCUT2D eigenvalue weighted by Crippen LogP contribution is 2.17. The fourth-order valence-corrected chi connectivity index (χ4v) is 2.79. The van der Waals surface area contributed by atoms with E-state index >= 15 is 0 Å². The number of anilines is 1. The average molecular weight is 356 g/mol. The van der Waals surface area contributed by atoms with Gasteiger partial charge in [0.05, 0.1) is 0 Å². The molecule has 0 aliphatic carbocycles. The molecule has 1 aromatic carbocycles. The fourth-order valence-electron chi connectivity index (χ4n) is 2.28. The molecule has 0 heterocycles. The molecule has 0 fully saturated rings. The van der Waals surface area contributed by atoms with E-state index in [4.69, 9.17) is 5.73 Å². The van der Waals surface area contributed by atoms with Gasteiger partial charge < -0.3 is 16.0 Å². The van der Waals surface area contributed by atoms with Gasteiger partial charge in [-0.25, -0.2) is 0 Å². The number of rotatable bonds is 8. The molecule has 5 heteroatoms. The summed E-state index contributed by atoms with van der Waals surface area (Å²) in [5.74, 6) is -0.0710. The van der Waals surface area contributed by atoms with E-state index in [1.807, 2.05) is 6.92 Å². The molecule has 1 atom stereocenters. The van der Waals surface area contributed by atoms with Crippen LogP contribution in [-0.2, 0) is 0 Å². The van der Waals surface area contributed by atoms with E-state index < -0.39 is 0 Å². The van der Waals surface area contributed by atoms with E-state index in [1.165, 1.54) is 0 Å². The molecule has 1 rings (SSSR count). The zero-order valence-corrected chi connectivity index (χ0v) is 14.7. The van der Waals surface area contributed by atoms with Crippen molar-refractivity contribution in [2.45, 2.75) is 39.7 Å². The number of nitrogens with one attached hydrogen (secondary N) is 1. The van der Waals surface area contributed by atoms with Crippen molar-refractivity contribution in [1.29, 1.82) is 0 Å². The maximum Gasteiger partial charge on any atom is 0.251 e. The highest BCUT2D eigenvalue weighted by atomic mass is 79.9. The fraction of sp³-hybridized carbons (Fsp3) is 0.562. The lowest BCUT2D eigenvalue weighted by Gasteiger charge is -2.19. The monoisotopic (exact) mass is 355 g/mol. The summed E-state index contributed by atoms with van der Waals surface area (Å²) in [7, 11) is 0. The predicted octanol–water partition coefficient (Wildman–Crippen LogP) is 3.27. The first-order valence-corrected chi connectivity index (χ1v) is 8.34. The standard InChI is InChI=1S/C16H26BrN3O/c1-4-20(5-2)8-6-7-12(3)19-16(21)13-9-14(17)11-15(18)10-13/h9-12H,4-8,18H2,1-3H3,(H,19,21). The van der Waals surface area contributed by atoms with Gasteiger partial charge in [0.2, 0.25) is 0 Å². The van der Waals surface area contributed by atoms with Crippen molar-refractivity contribution in [3.8, 4) is 0 Å². The van der Waals surface area contributed by atoms with Crippen LogP contribution in [0.3, 0.4) is 0 Å². The van der Waals surface area contributed by atoms with Crippen LogP contribution < -0.4 is 11.1 Å². The largest absolute Gasteiger partial charge is 0.399 e. The molecule has 0 saturated carbocycles. The minimum absolute atomic E-state index is 0.0710. The van der Waals surface area contributed by atoms with E-state index in [-0.39, 0.29) is 11.9 Å². The van der Waals surface area contributed by atoms with Crippen molar-refractivity contribution in [2.75, 3.05) is 25.4 Å². The minimum Gasteiger partial charge on any atom is -0.399 e. The third-order valence-corrected chi connectivity index (χ3v) is 4.02. The van der Waals surface area contributed by atoms with Crippen molar-refractivity contribution in [3.05, 3.63) is 28.2 Å². The predicted molar refractivity (Wildman–Crippen MR) is 92.5 cm³/mol. The van der Waals surface area contributed by atoms with Crippen LogP contribution in [0.4, 0.5) is 5.69 Å². The summed E-state index contributed by atoms with van der Waals surface area (Å²) in [4.78, 5) is 14.6. The Hall–Kier alpha value is -1.07. The number of nitrogens with two attached hydrogens (primary N) is 1. The number of benzene rings is 1. The second-order valence-corrected chi connectivity index (χ2v) is 6.23. The van der Waals surface area contributed by atoms with Crippen molar-refractivity contribution in [2.24, 2.45) is 0 Å². The summed E-state index contributed by atoms with van der Waals surface area (Å²) in [6.07, 6.45) is 2.06. The first kappa shape index (κ1) is 18.0. The number of amides is 1. The smallest absolute Gasteiger partial charge is 0.251 e. The van der Waals surface area contributed by atoms with E-state index in [9.17, 15) is 4.79 Å². The highest BCUT2D eigenvalue weighted by Gasteiger charge is 2.11. The molecule has 1 unspecified atom stereocenters. The Morgan fingerprint density at radius 1 is 1.33 bits per heavy atom. The molecule has 0 aliphatic heterocycles. The Kier molecular flexibility index (Phi) is 7.75. The molecule has 0 bridgehead atoms. The Morgan fingerprint density at radius 2 is 2.00 bits per heavy atom. The summed E-state index contributed by atoms with van der Waals surface area (Å²) in [6.45, 7) is 9.63. The van der Waals surface area contributed by atoms with Gasteiger partial charge >= 0.3 is 0 Å². The number of nitrogens with zero attached hydrogens (tertiary/aromatic N) is 1. The number of carbonyl (C=O) groups is 1. The molecule has 118 valence electrons. The molecule has 0 aromatic heterocycles. The normalized spacial score (nSPS) is 12.4. The Labute approximate surface area is 136 Å². The van der Waals surface area contributed by atoms with E-state index in [2.05, 4.69) is 40.0 Å². The van der Waals surface area contributed by atoms with E-state index in [1.54, 1.807) is 18.2 Å². The maximum absolute atomic E-state index is 12.2. The van der Waals surface area contributed by atoms with Gasteiger partial charge in [0.1, 0.15) is 0 Å². The minimum atomic E-state index is -0.0710. The summed E-state index contributed by atoms with van der Waals surface area (Å²) in [6, 6.07) is 5.43. The first-order chi connectivity index (χ1) is 9.96. The topological polar surface area (TPSA) is 58.4 Å². The van der Waals surface area contributed by atoms with Crippen LogP contribution in [0.15, 0.2) is 22.7 Å². The summed E-state index contributed by atoms with van der Waals surface area (Å²) < 4.78 is 0.821. The van der Waals surface area contributed by atoms with Gasteiger partial charge in [0.15, 0.2) is 0 Å². The third kappa shape index (κ3) is 6.48. The van der Waals surface area contributed by atoms with Gasteiger partial charge in [-0.05, 0) is 57.6 Å². The van der Waals surface area contributed by atoms with Gasteiger partial charge in [-0.1, -0.05) is 29.8 Å². The van der Waals surface area contributed by atoms with Crippen molar-refractivity contribution in [1.82, 2.24) is 10.2 Å². The van der Waals surface area contributed by atoms with Gasteiger partial charge in [-0.2, -0.15) is 0 Å². The average Bonchev–Trinajstić information content (AvgIpc) is 2.42. The third-order valence-electron chi connectivity index (χ3n) is 3.57. The van der Waals surface area contributed by atoms with Crippen LogP contribution in [0, 0.1) is 0 Å². The van der Waals surface area contributed by atoms with Gasteiger partial charge in [0.25, 0.3) is 5.91 Å². The maximum atomic E-state index is 12.2. The van der Waals surface area contributed by atoms with Crippen LogP contribution in [0.1, 0.15) is 44.0 Å². The van der Waals surface area contributed by atoms with Crippen LogP contribution in [0.2, 0.25) is 0 Å². The lowest BCUT2D eigenvalue weighted by Crippen LogP contribution is -2.33. The lowest BCUT2D eigenvalue weighted by molar-refractivity contribution is 0.0937. The Morgan fingerprint density at radius 3 is 2.57 bits per heavy atom. The molecule has 4 nitrogen and oxygen atoms in total. The van der Waals surface area contributed by atoms with Crippen LogP contribution in [-0.4, -0.2) is 36.5 Å². The van der Waals surface area contributed by atoms with E-state index in [0.717, 1.165) is 36.9 Å². The van der Waals surface area contributed by atoms with Gasteiger partial charge in [-0.3, -0.25) is 4.79 Å². The molecule has 0 saturated heterocycles. The molecule has 1 aromatic rings. The lowest BCUT2D eigenvalue weighted by atomic mass is 10.1. The van der Waals surface area contributed by atoms with Crippen LogP contribution in [0.5, 0.6) is 0 Å². The molecule has 0 radical (unpaired) electrons. The highest BCUT2D eigenvalue weighted by molar-refractivity contribution is 9.10. The number of hydrogen-bond acceptors (Lipinski definition) is 3. The zero-order valence-electron chi connectivity index (χ0n) is 13.2. The number of hydrogen-bond donors (Lipinski definition) is 2. The van der Waals surface area contributed by atoms with E-state index in [0.29, 0.717) is 11.3 Å². The number of nitrogen functional groups attached to an aromatic ring is 1. The first-order valence-electron chi connectivity index (χ1n) is 7.55. The quantitative estimate of drug-likeness (QED) is 0.703.